The average Bonchev–Trinajstić information content (AvgIpc) is 2.32. The summed E-state index contributed by atoms with van der Waals surface area (Å²) in [5.74, 6) is 0.190. The zero-order valence-corrected chi connectivity index (χ0v) is 9.09. The number of H-pyrrole nitrogens is 1. The third-order valence-corrected chi connectivity index (χ3v) is 1.94. The van der Waals surface area contributed by atoms with Gasteiger partial charge in [0.2, 0.25) is 0 Å². The molecule has 0 atom stereocenters. The largest absolute Gasteiger partial charge is 0.395 e. The predicted molar refractivity (Wildman–Crippen MR) is 59.6 cm³/mol. The van der Waals surface area contributed by atoms with Crippen molar-refractivity contribution in [2.75, 3.05) is 31.6 Å². The summed E-state index contributed by atoms with van der Waals surface area (Å²) in [6.07, 6.45) is 0. The van der Waals surface area contributed by atoms with E-state index in [-0.39, 0.29) is 37.7 Å². The van der Waals surface area contributed by atoms with Crippen molar-refractivity contribution in [2.45, 2.75) is 0 Å². The van der Waals surface area contributed by atoms with E-state index < -0.39 is 6.03 Å². The molecule has 0 saturated carbocycles. The fourth-order valence-corrected chi connectivity index (χ4v) is 1.16. The van der Waals surface area contributed by atoms with Crippen LogP contribution in [0.3, 0.4) is 0 Å². The van der Waals surface area contributed by atoms with Crippen molar-refractivity contribution >= 4 is 11.8 Å². The van der Waals surface area contributed by atoms with Crippen LogP contribution in [0.4, 0.5) is 10.6 Å². The number of aliphatic hydroxyl groups is 2. The van der Waals surface area contributed by atoms with E-state index in [2.05, 4.69) is 15.5 Å². The molecule has 0 aromatic carbocycles. The molecule has 8 nitrogen and oxygen atoms in total. The number of nitrogens with zero attached hydrogens (tertiary/aromatic N) is 2. The number of urea groups is 1. The van der Waals surface area contributed by atoms with Crippen molar-refractivity contribution < 1.29 is 15.0 Å². The van der Waals surface area contributed by atoms with Gasteiger partial charge in [-0.3, -0.25) is 10.1 Å². The topological polar surface area (TPSA) is 119 Å². The molecule has 2 amide bonds. The zero-order chi connectivity index (χ0) is 12.7. The molecule has 17 heavy (non-hydrogen) atoms. The highest BCUT2D eigenvalue weighted by Crippen LogP contribution is 1.99. The van der Waals surface area contributed by atoms with Gasteiger partial charge < -0.3 is 15.1 Å². The lowest BCUT2D eigenvalue weighted by Crippen LogP contribution is -2.39. The van der Waals surface area contributed by atoms with Gasteiger partial charge in [-0.15, -0.1) is 0 Å². The third-order valence-electron chi connectivity index (χ3n) is 1.94. The summed E-state index contributed by atoms with van der Waals surface area (Å²) in [7, 11) is 0. The summed E-state index contributed by atoms with van der Waals surface area (Å²) < 4.78 is 0. The molecule has 0 bridgehead atoms. The van der Waals surface area contributed by atoms with Gasteiger partial charge in [-0.2, -0.15) is 5.10 Å². The first-order valence-corrected chi connectivity index (χ1v) is 5.00. The monoisotopic (exact) mass is 242 g/mol. The van der Waals surface area contributed by atoms with E-state index in [1.807, 2.05) is 0 Å². The van der Waals surface area contributed by atoms with Gasteiger partial charge in [0.05, 0.1) is 13.2 Å². The Labute approximate surface area is 96.9 Å². The van der Waals surface area contributed by atoms with Crippen molar-refractivity contribution in [3.63, 3.8) is 0 Å². The first-order valence-electron chi connectivity index (χ1n) is 5.00. The lowest BCUT2D eigenvalue weighted by Gasteiger charge is -2.20. The quantitative estimate of drug-likeness (QED) is 0.505. The SMILES string of the molecule is O=C(Nc1ccc(=O)[nH]n1)N(CCO)CCO. The number of amides is 2. The predicted octanol–water partition coefficient (Wildman–Crippen LogP) is -1.41. The lowest BCUT2D eigenvalue weighted by molar-refractivity contribution is 0.167. The van der Waals surface area contributed by atoms with Crippen LogP contribution in [0.5, 0.6) is 0 Å². The molecule has 94 valence electrons. The van der Waals surface area contributed by atoms with Crippen LogP contribution in [0, 0.1) is 0 Å². The molecule has 4 N–H and O–H groups in total. The number of rotatable bonds is 5. The average molecular weight is 242 g/mol. The second-order valence-electron chi connectivity index (χ2n) is 3.17. The van der Waals surface area contributed by atoms with E-state index >= 15 is 0 Å². The number of anilines is 1. The summed E-state index contributed by atoms with van der Waals surface area (Å²) >= 11 is 0. The smallest absolute Gasteiger partial charge is 0.323 e. The Bertz CT molecular complexity index is 393. The second-order valence-corrected chi connectivity index (χ2v) is 3.17. The number of aromatic amines is 1. The summed E-state index contributed by atoms with van der Waals surface area (Å²) in [5, 5.41) is 25.7. The Morgan fingerprint density at radius 3 is 2.47 bits per heavy atom. The molecular weight excluding hydrogens is 228 g/mol. The standard InChI is InChI=1S/C9H14N4O4/c14-5-3-13(4-6-15)9(17)10-7-1-2-8(16)12-11-7/h1-2,14-15H,3-6H2,(H,12,16)(H,10,11,17). The first-order chi connectivity index (χ1) is 8.17. The van der Waals surface area contributed by atoms with E-state index in [0.717, 1.165) is 0 Å². The molecular formula is C9H14N4O4. The maximum absolute atomic E-state index is 11.6. The number of hydrogen-bond acceptors (Lipinski definition) is 5. The molecule has 1 rings (SSSR count). The van der Waals surface area contributed by atoms with Crippen LogP contribution in [-0.4, -0.2) is 57.6 Å². The van der Waals surface area contributed by atoms with Crippen molar-refractivity contribution in [2.24, 2.45) is 0 Å². The highest BCUT2D eigenvalue weighted by atomic mass is 16.3. The van der Waals surface area contributed by atoms with Crippen LogP contribution < -0.4 is 10.9 Å². The van der Waals surface area contributed by atoms with E-state index in [9.17, 15) is 9.59 Å². The van der Waals surface area contributed by atoms with Crippen LogP contribution in [0.1, 0.15) is 0 Å². The number of aliphatic hydroxyl groups excluding tert-OH is 2. The number of carbonyl (C=O) groups is 1. The molecule has 8 heteroatoms. The van der Waals surface area contributed by atoms with E-state index in [1.54, 1.807) is 0 Å². The lowest BCUT2D eigenvalue weighted by atomic mass is 10.5. The molecule has 0 radical (unpaired) electrons. The van der Waals surface area contributed by atoms with Gasteiger partial charge in [-0.1, -0.05) is 0 Å². The normalized spacial score (nSPS) is 10.0. The van der Waals surface area contributed by atoms with Crippen molar-refractivity contribution in [3.8, 4) is 0 Å². The molecule has 1 aromatic rings. The number of aromatic nitrogens is 2. The number of nitrogens with one attached hydrogen (secondary N) is 2. The minimum Gasteiger partial charge on any atom is -0.395 e. The Morgan fingerprint density at radius 1 is 1.35 bits per heavy atom. The van der Waals surface area contributed by atoms with Gasteiger partial charge in [0.15, 0.2) is 5.82 Å². The van der Waals surface area contributed by atoms with Gasteiger partial charge in [0.1, 0.15) is 0 Å². The Morgan fingerprint density at radius 2 is 2.00 bits per heavy atom. The molecule has 0 aliphatic heterocycles. The van der Waals surface area contributed by atoms with Gasteiger partial charge in [-0.25, -0.2) is 9.89 Å². The summed E-state index contributed by atoms with van der Waals surface area (Å²) in [6.45, 7) is -0.190. The highest BCUT2D eigenvalue weighted by Gasteiger charge is 2.12. The molecule has 0 spiro atoms. The summed E-state index contributed by atoms with van der Waals surface area (Å²) in [5.41, 5.74) is -0.370. The van der Waals surface area contributed by atoms with Crippen molar-refractivity contribution in [3.05, 3.63) is 22.5 Å². The fourth-order valence-electron chi connectivity index (χ4n) is 1.16. The summed E-state index contributed by atoms with van der Waals surface area (Å²) in [6, 6.07) is 2.07. The van der Waals surface area contributed by atoms with E-state index in [4.69, 9.17) is 10.2 Å². The summed E-state index contributed by atoms with van der Waals surface area (Å²) in [4.78, 5) is 23.6. The maximum Gasteiger partial charge on any atom is 0.323 e. The number of hydrogen-bond donors (Lipinski definition) is 4. The van der Waals surface area contributed by atoms with Gasteiger partial charge in [-0.05, 0) is 6.07 Å². The van der Waals surface area contributed by atoms with Crippen LogP contribution in [0.2, 0.25) is 0 Å². The molecule has 0 fully saturated rings. The Hall–Kier alpha value is -1.93. The van der Waals surface area contributed by atoms with E-state index in [1.165, 1.54) is 17.0 Å². The number of carbonyl (C=O) groups excluding carboxylic acids is 1. The molecule has 1 aromatic heterocycles. The Balaban J connectivity index is 2.62. The molecule has 0 unspecified atom stereocenters. The van der Waals surface area contributed by atoms with Crippen molar-refractivity contribution in [1.29, 1.82) is 0 Å². The zero-order valence-electron chi connectivity index (χ0n) is 9.09. The second kappa shape index (κ2) is 6.61. The molecule has 0 aliphatic rings. The third kappa shape index (κ3) is 4.21. The minimum absolute atomic E-state index is 0.107. The van der Waals surface area contributed by atoms with E-state index in [0.29, 0.717) is 0 Å². The van der Waals surface area contributed by atoms with Crippen LogP contribution in [-0.2, 0) is 0 Å². The maximum atomic E-state index is 11.6. The van der Waals surface area contributed by atoms with Gasteiger partial charge >= 0.3 is 6.03 Å². The first kappa shape index (κ1) is 13.1. The Kier molecular flexibility index (Phi) is 5.11. The van der Waals surface area contributed by atoms with Gasteiger partial charge in [0.25, 0.3) is 5.56 Å². The highest BCUT2D eigenvalue weighted by molar-refractivity contribution is 5.88. The van der Waals surface area contributed by atoms with Crippen LogP contribution in [0.15, 0.2) is 16.9 Å². The van der Waals surface area contributed by atoms with Crippen LogP contribution in [0.25, 0.3) is 0 Å². The van der Waals surface area contributed by atoms with Crippen LogP contribution >= 0.6 is 0 Å². The fraction of sp³-hybridized carbons (Fsp3) is 0.444. The minimum atomic E-state index is -0.507. The van der Waals surface area contributed by atoms with Crippen molar-refractivity contribution in [1.82, 2.24) is 15.1 Å². The molecule has 0 saturated heterocycles. The molecule has 1 heterocycles. The van der Waals surface area contributed by atoms with Gasteiger partial charge in [0, 0.05) is 19.2 Å². The molecule has 0 aliphatic carbocycles.